The lowest BCUT2D eigenvalue weighted by Gasteiger charge is -2.09. The number of para-hydroxylation sites is 1. The summed E-state index contributed by atoms with van der Waals surface area (Å²) in [6.45, 7) is 4.39. The van der Waals surface area contributed by atoms with E-state index in [9.17, 15) is 4.79 Å². The summed E-state index contributed by atoms with van der Waals surface area (Å²) < 4.78 is 0. The van der Waals surface area contributed by atoms with Gasteiger partial charge in [-0.15, -0.1) is 0 Å². The quantitative estimate of drug-likeness (QED) is 0.313. The van der Waals surface area contributed by atoms with Crippen LogP contribution in [0, 0.1) is 0 Å². The number of nitrogens with zero attached hydrogens (tertiary/aromatic N) is 1. The lowest BCUT2D eigenvalue weighted by atomic mass is 10.0. The fourth-order valence-corrected chi connectivity index (χ4v) is 3.31. The van der Waals surface area contributed by atoms with Crippen molar-refractivity contribution in [1.82, 2.24) is 4.98 Å². The smallest absolute Gasteiger partial charge is 0.224 e. The Hall–Kier alpha value is -2.42. The molecule has 0 bridgehead atoms. The summed E-state index contributed by atoms with van der Waals surface area (Å²) in [5.74, 6) is 0.0451. The first-order valence-corrected chi connectivity index (χ1v) is 10.7. The van der Waals surface area contributed by atoms with Gasteiger partial charge in [0.15, 0.2) is 0 Å². The van der Waals surface area contributed by atoms with Gasteiger partial charge in [0, 0.05) is 18.0 Å². The highest BCUT2D eigenvalue weighted by molar-refractivity contribution is 6.00. The van der Waals surface area contributed by atoms with Crippen LogP contribution >= 0.6 is 0 Å². The second kappa shape index (κ2) is 12.9. The number of hydrogen-bond acceptors (Lipinski definition) is 2. The molecule has 0 saturated heterocycles. The van der Waals surface area contributed by atoms with Crippen LogP contribution in [0.4, 0.5) is 5.69 Å². The molecule has 0 saturated carbocycles. The third-order valence-electron chi connectivity index (χ3n) is 4.84. The second-order valence-electron chi connectivity index (χ2n) is 7.22. The Labute approximate surface area is 170 Å². The molecule has 1 heterocycles. The Kier molecular flexibility index (Phi) is 10.1. The molecule has 0 atom stereocenters. The number of carbonyl (C=O) groups is 1. The van der Waals surface area contributed by atoms with E-state index in [1.807, 2.05) is 30.3 Å². The predicted molar refractivity (Wildman–Crippen MR) is 120 cm³/mol. The number of benzene rings is 1. The lowest BCUT2D eigenvalue weighted by molar-refractivity contribution is -0.116. The molecule has 1 aromatic heterocycles. The number of pyridine rings is 1. The third kappa shape index (κ3) is 7.67. The number of carbonyl (C=O) groups excluding carboxylic acids is 1. The van der Waals surface area contributed by atoms with Gasteiger partial charge in [-0.2, -0.15) is 0 Å². The zero-order chi connectivity index (χ0) is 20.0. The summed E-state index contributed by atoms with van der Waals surface area (Å²) in [5, 5.41) is 4.07. The molecule has 2 aromatic rings. The van der Waals surface area contributed by atoms with Crippen molar-refractivity contribution in [2.75, 3.05) is 5.32 Å². The van der Waals surface area contributed by atoms with Gasteiger partial charge in [-0.05, 0) is 44.2 Å². The molecule has 0 aliphatic heterocycles. The van der Waals surface area contributed by atoms with Gasteiger partial charge in [-0.3, -0.25) is 9.78 Å². The van der Waals surface area contributed by atoms with Crippen molar-refractivity contribution < 1.29 is 4.79 Å². The van der Waals surface area contributed by atoms with E-state index >= 15 is 0 Å². The molecule has 28 heavy (non-hydrogen) atoms. The number of nitrogens with one attached hydrogen (secondary N) is 1. The molecule has 1 aromatic carbocycles. The molecule has 0 aliphatic rings. The van der Waals surface area contributed by atoms with Gasteiger partial charge in [0.2, 0.25) is 5.91 Å². The molecule has 0 spiro atoms. The molecule has 1 amide bonds. The summed E-state index contributed by atoms with van der Waals surface area (Å²) >= 11 is 0. The van der Waals surface area contributed by atoms with Gasteiger partial charge >= 0.3 is 0 Å². The topological polar surface area (TPSA) is 42.0 Å². The number of amides is 1. The van der Waals surface area contributed by atoms with Crippen molar-refractivity contribution in [3.63, 3.8) is 0 Å². The van der Waals surface area contributed by atoms with E-state index in [4.69, 9.17) is 0 Å². The maximum absolute atomic E-state index is 12.5. The minimum atomic E-state index is 0.0451. The summed E-state index contributed by atoms with van der Waals surface area (Å²) in [7, 11) is 0. The SMILES string of the molecule is CC/C=C(/C/C=C/CCCCCC)CCC(=O)Nc1cccc2cccnc12. The Morgan fingerprint density at radius 2 is 1.89 bits per heavy atom. The van der Waals surface area contributed by atoms with Crippen LogP contribution in [0.2, 0.25) is 0 Å². The van der Waals surface area contributed by atoms with Crippen molar-refractivity contribution in [3.05, 3.63) is 60.3 Å². The highest BCUT2D eigenvalue weighted by Gasteiger charge is 2.07. The Balaban J connectivity index is 1.81. The van der Waals surface area contributed by atoms with Gasteiger partial charge in [0.05, 0.1) is 11.2 Å². The molecule has 0 aliphatic carbocycles. The van der Waals surface area contributed by atoms with Crippen LogP contribution in [0.15, 0.2) is 60.3 Å². The van der Waals surface area contributed by atoms with Gasteiger partial charge in [0.1, 0.15) is 0 Å². The molecule has 0 unspecified atom stereocenters. The molecule has 3 nitrogen and oxygen atoms in total. The molecule has 150 valence electrons. The van der Waals surface area contributed by atoms with Crippen LogP contribution in [0.3, 0.4) is 0 Å². The number of hydrogen-bond donors (Lipinski definition) is 1. The molecule has 1 N–H and O–H groups in total. The van der Waals surface area contributed by atoms with Gasteiger partial charge in [-0.25, -0.2) is 0 Å². The van der Waals surface area contributed by atoms with Gasteiger partial charge in [0.25, 0.3) is 0 Å². The molecular weight excluding hydrogens is 344 g/mol. The fourth-order valence-electron chi connectivity index (χ4n) is 3.31. The van der Waals surface area contributed by atoms with Crippen LogP contribution in [-0.2, 0) is 4.79 Å². The van der Waals surface area contributed by atoms with Crippen LogP contribution in [0.1, 0.15) is 71.6 Å². The van der Waals surface area contributed by atoms with E-state index in [0.717, 1.165) is 42.3 Å². The Morgan fingerprint density at radius 3 is 2.71 bits per heavy atom. The van der Waals surface area contributed by atoms with Crippen molar-refractivity contribution in [3.8, 4) is 0 Å². The maximum Gasteiger partial charge on any atom is 0.224 e. The van der Waals surface area contributed by atoms with Crippen LogP contribution < -0.4 is 5.32 Å². The minimum absolute atomic E-state index is 0.0451. The Bertz CT molecular complexity index is 787. The highest BCUT2D eigenvalue weighted by atomic mass is 16.1. The zero-order valence-corrected chi connectivity index (χ0v) is 17.4. The van der Waals surface area contributed by atoms with E-state index in [1.54, 1.807) is 6.20 Å². The maximum atomic E-state index is 12.5. The summed E-state index contributed by atoms with van der Waals surface area (Å²) in [4.78, 5) is 16.9. The van der Waals surface area contributed by atoms with Crippen molar-refractivity contribution in [2.24, 2.45) is 0 Å². The van der Waals surface area contributed by atoms with E-state index in [2.05, 4.69) is 42.4 Å². The number of rotatable bonds is 12. The average molecular weight is 379 g/mol. The molecule has 0 fully saturated rings. The lowest BCUT2D eigenvalue weighted by Crippen LogP contribution is -2.12. The third-order valence-corrected chi connectivity index (χ3v) is 4.84. The van der Waals surface area contributed by atoms with Crippen LogP contribution in [-0.4, -0.2) is 10.9 Å². The largest absolute Gasteiger partial charge is 0.324 e. The van der Waals surface area contributed by atoms with Crippen molar-refractivity contribution in [2.45, 2.75) is 71.6 Å². The first-order valence-electron chi connectivity index (χ1n) is 10.7. The van der Waals surface area contributed by atoms with E-state index < -0.39 is 0 Å². The number of aromatic nitrogens is 1. The summed E-state index contributed by atoms with van der Waals surface area (Å²) in [6, 6.07) is 9.79. The van der Waals surface area contributed by atoms with E-state index in [-0.39, 0.29) is 5.91 Å². The molecular formula is C25H34N2O. The highest BCUT2D eigenvalue weighted by Crippen LogP contribution is 2.21. The van der Waals surface area contributed by atoms with Crippen LogP contribution in [0.5, 0.6) is 0 Å². The van der Waals surface area contributed by atoms with E-state index in [0.29, 0.717) is 6.42 Å². The number of unbranched alkanes of at least 4 members (excludes halogenated alkanes) is 4. The standard InChI is InChI=1S/C25H34N2O/c1-3-5-6-7-8-9-10-14-21(13-4-2)18-19-24(28)27-23-17-11-15-22-16-12-20-26-25(22)23/h9-13,15-17,20H,3-8,14,18-19H2,1-2H3,(H,27,28)/b10-9+,21-13-. The number of allylic oxidation sites excluding steroid dienone is 4. The van der Waals surface area contributed by atoms with E-state index in [1.165, 1.54) is 31.3 Å². The molecule has 2 rings (SSSR count). The Morgan fingerprint density at radius 1 is 1.04 bits per heavy atom. The van der Waals surface area contributed by atoms with Gasteiger partial charge in [-0.1, -0.05) is 75.1 Å². The van der Waals surface area contributed by atoms with Crippen molar-refractivity contribution in [1.29, 1.82) is 0 Å². The van der Waals surface area contributed by atoms with Crippen LogP contribution in [0.25, 0.3) is 10.9 Å². The molecule has 3 heteroatoms. The monoisotopic (exact) mass is 378 g/mol. The summed E-state index contributed by atoms with van der Waals surface area (Å²) in [6.07, 6.45) is 18.2. The average Bonchev–Trinajstić information content (AvgIpc) is 2.71. The normalized spacial score (nSPS) is 12.0. The first-order chi connectivity index (χ1) is 13.7. The summed E-state index contributed by atoms with van der Waals surface area (Å²) in [5.41, 5.74) is 2.98. The fraction of sp³-hybridized carbons (Fsp3) is 0.440. The molecule has 0 radical (unpaired) electrons. The zero-order valence-electron chi connectivity index (χ0n) is 17.4. The minimum Gasteiger partial charge on any atom is -0.324 e. The first kappa shape index (κ1) is 21.9. The number of fused-ring (bicyclic) bond motifs is 1. The number of anilines is 1. The van der Waals surface area contributed by atoms with Crippen molar-refractivity contribution >= 4 is 22.5 Å². The predicted octanol–water partition coefficient (Wildman–Crippen LogP) is 7.21. The second-order valence-corrected chi connectivity index (χ2v) is 7.22. The van der Waals surface area contributed by atoms with Gasteiger partial charge < -0.3 is 5.32 Å².